The zero-order chi connectivity index (χ0) is 39.7. The van der Waals surface area contributed by atoms with Crippen LogP contribution in [-0.4, -0.2) is 14.5 Å². The number of anilines is 3. The first-order valence-electron chi connectivity index (χ1n) is 20.0. The third-order valence-corrected chi connectivity index (χ3v) is 13.7. The van der Waals surface area contributed by atoms with Crippen LogP contribution in [0.5, 0.6) is 0 Å². The second-order valence-electron chi connectivity index (χ2n) is 15.2. The quantitative estimate of drug-likeness (QED) is 0.167. The molecule has 0 saturated heterocycles. The van der Waals surface area contributed by atoms with Gasteiger partial charge in [0, 0.05) is 77.9 Å². The van der Waals surface area contributed by atoms with Gasteiger partial charge < -0.3 is 9.47 Å². The van der Waals surface area contributed by atoms with E-state index in [4.69, 9.17) is 0 Å². The normalized spacial score (nSPS) is 11.8. The molecule has 12 aromatic rings. The predicted octanol–water partition coefficient (Wildman–Crippen LogP) is 15.8. The molecule has 12 rings (SSSR count). The van der Waals surface area contributed by atoms with Crippen LogP contribution in [0.4, 0.5) is 17.1 Å². The second-order valence-corrected chi connectivity index (χ2v) is 17.1. The van der Waals surface area contributed by atoms with E-state index < -0.39 is 0 Å². The van der Waals surface area contributed by atoms with Gasteiger partial charge in [-0.1, -0.05) is 103 Å². The number of fused-ring (bicyclic) bond motifs is 8. The fourth-order valence-corrected chi connectivity index (χ4v) is 10.7. The van der Waals surface area contributed by atoms with Gasteiger partial charge in [-0.2, -0.15) is 0 Å². The minimum atomic E-state index is 1.00. The van der Waals surface area contributed by atoms with E-state index in [1.165, 1.54) is 53.2 Å². The number of thiophene rings is 1. The van der Waals surface area contributed by atoms with E-state index >= 15 is 0 Å². The first-order valence-corrected chi connectivity index (χ1v) is 21.6. The van der Waals surface area contributed by atoms with Gasteiger partial charge in [-0.15, -0.1) is 11.3 Å². The highest BCUT2D eigenvalue weighted by atomic mass is 79.9. The Morgan fingerprint density at radius 1 is 0.450 bits per heavy atom. The smallest absolute Gasteiger partial charge is 0.0718 e. The van der Waals surface area contributed by atoms with Crippen molar-refractivity contribution in [3.05, 3.63) is 205 Å². The lowest BCUT2D eigenvalue weighted by Gasteiger charge is -2.29. The predicted molar refractivity (Wildman–Crippen MR) is 258 cm³/mol. The van der Waals surface area contributed by atoms with Crippen LogP contribution < -0.4 is 4.90 Å². The SMILES string of the molecule is Brc1c(N(c2ccc3cnccc3c2)c2ccc3cnccc3c2)cc2sc3ccccc3c2c1-n1c2ccc(-c3ccccc3)cc2c2cc(-c3ccccc3)ccc21. The summed E-state index contributed by atoms with van der Waals surface area (Å²) in [6.45, 7) is 0. The van der Waals surface area contributed by atoms with Gasteiger partial charge in [0.25, 0.3) is 0 Å². The zero-order valence-electron chi connectivity index (χ0n) is 32.1. The molecule has 0 aliphatic heterocycles. The number of benzene rings is 8. The molecule has 0 spiro atoms. The molecule has 4 nitrogen and oxygen atoms in total. The summed E-state index contributed by atoms with van der Waals surface area (Å²) < 4.78 is 5.96. The summed E-state index contributed by atoms with van der Waals surface area (Å²) in [5.41, 5.74) is 11.3. The highest BCUT2D eigenvalue weighted by Crippen LogP contribution is 2.51. The standard InChI is InChI=1S/C54H33BrN4S/c55-53-49(58(42-19-15-40-32-56-25-23-38(40)27-42)43-20-16-41-33-57-26-24-39(41)28-43)31-51-52(44-13-7-8-14-50(44)60-51)54(53)59-47-21-17-36(34-9-3-1-4-10-34)29-45(47)46-30-37(18-22-48(46)59)35-11-5-2-6-12-35/h1-33H. The molecule has 0 amide bonds. The van der Waals surface area contributed by atoms with Crippen molar-refractivity contribution in [2.24, 2.45) is 0 Å². The van der Waals surface area contributed by atoms with Crippen LogP contribution in [0.25, 0.3) is 91.5 Å². The Labute approximate surface area is 358 Å². The molecule has 282 valence electrons. The molecular formula is C54H33BrN4S. The Morgan fingerprint density at radius 2 is 1.00 bits per heavy atom. The molecular weight excluding hydrogens is 817 g/mol. The molecule has 4 heterocycles. The van der Waals surface area contributed by atoms with Crippen LogP contribution in [0.2, 0.25) is 0 Å². The van der Waals surface area contributed by atoms with Gasteiger partial charge in [-0.25, -0.2) is 0 Å². The summed E-state index contributed by atoms with van der Waals surface area (Å²) in [7, 11) is 0. The molecule has 0 bridgehead atoms. The number of rotatable bonds is 6. The van der Waals surface area contributed by atoms with Crippen LogP contribution in [0.3, 0.4) is 0 Å². The van der Waals surface area contributed by atoms with E-state index in [0.717, 1.165) is 59.8 Å². The number of hydrogen-bond donors (Lipinski definition) is 0. The van der Waals surface area contributed by atoms with Gasteiger partial charge in [-0.3, -0.25) is 9.97 Å². The molecule has 0 radical (unpaired) electrons. The lowest BCUT2D eigenvalue weighted by molar-refractivity contribution is 1.18. The summed E-state index contributed by atoms with van der Waals surface area (Å²) in [5, 5.41) is 9.32. The first kappa shape index (κ1) is 34.9. The van der Waals surface area contributed by atoms with Crippen molar-refractivity contribution in [1.29, 1.82) is 0 Å². The maximum absolute atomic E-state index is 4.41. The van der Waals surface area contributed by atoms with Crippen molar-refractivity contribution in [2.45, 2.75) is 0 Å². The molecule has 8 aromatic carbocycles. The minimum absolute atomic E-state index is 1.00. The van der Waals surface area contributed by atoms with Gasteiger partial charge in [0.15, 0.2) is 0 Å². The Bertz CT molecular complexity index is 3460. The maximum atomic E-state index is 4.41. The third kappa shape index (κ3) is 5.64. The zero-order valence-corrected chi connectivity index (χ0v) is 34.5. The van der Waals surface area contributed by atoms with Gasteiger partial charge in [0.05, 0.1) is 26.9 Å². The Hall–Kier alpha value is -7.12. The van der Waals surface area contributed by atoms with Crippen LogP contribution in [-0.2, 0) is 0 Å². The van der Waals surface area contributed by atoms with E-state index in [1.54, 1.807) is 0 Å². The lowest BCUT2D eigenvalue weighted by Crippen LogP contribution is -2.12. The van der Waals surface area contributed by atoms with E-state index in [2.05, 4.69) is 211 Å². The van der Waals surface area contributed by atoms with E-state index in [0.29, 0.717) is 0 Å². The molecule has 6 heteroatoms. The highest BCUT2D eigenvalue weighted by molar-refractivity contribution is 9.10. The number of pyridine rings is 2. The Morgan fingerprint density at radius 3 is 1.58 bits per heavy atom. The molecule has 0 saturated carbocycles. The number of hydrogen-bond acceptors (Lipinski definition) is 4. The summed E-state index contributed by atoms with van der Waals surface area (Å²) in [6, 6.07) is 63.9. The van der Waals surface area contributed by atoms with Crippen molar-refractivity contribution in [3.63, 3.8) is 0 Å². The molecule has 0 aliphatic rings. The summed E-state index contributed by atoms with van der Waals surface area (Å²) in [4.78, 5) is 11.2. The Kier molecular flexibility index (Phi) is 8.15. The van der Waals surface area contributed by atoms with Gasteiger partial charge in [0.2, 0.25) is 0 Å². The third-order valence-electron chi connectivity index (χ3n) is 11.8. The largest absolute Gasteiger partial charge is 0.309 e. The average Bonchev–Trinajstić information content (AvgIpc) is 3.84. The van der Waals surface area contributed by atoms with Gasteiger partial charge >= 0.3 is 0 Å². The maximum Gasteiger partial charge on any atom is 0.0718 e. The highest BCUT2D eigenvalue weighted by Gasteiger charge is 2.26. The molecule has 60 heavy (non-hydrogen) atoms. The summed E-state index contributed by atoms with van der Waals surface area (Å²) in [6.07, 6.45) is 7.59. The monoisotopic (exact) mass is 848 g/mol. The van der Waals surface area contributed by atoms with Crippen LogP contribution in [0.1, 0.15) is 0 Å². The first-order chi connectivity index (χ1) is 29.7. The van der Waals surface area contributed by atoms with Crippen molar-refractivity contribution in [1.82, 2.24) is 14.5 Å². The Balaban J connectivity index is 1.20. The lowest BCUT2D eigenvalue weighted by atomic mass is 10.0. The number of halogens is 1. The summed E-state index contributed by atoms with van der Waals surface area (Å²) >= 11 is 6.23. The molecule has 0 unspecified atom stereocenters. The van der Waals surface area contributed by atoms with Crippen molar-refractivity contribution < 1.29 is 0 Å². The van der Waals surface area contributed by atoms with Crippen LogP contribution in [0, 0.1) is 0 Å². The molecule has 0 N–H and O–H groups in total. The second kappa shape index (κ2) is 14.0. The fraction of sp³-hybridized carbons (Fsp3) is 0. The number of aromatic nitrogens is 3. The average molecular weight is 850 g/mol. The molecule has 0 aliphatic carbocycles. The number of nitrogens with zero attached hydrogens (tertiary/aromatic N) is 4. The van der Waals surface area contributed by atoms with Crippen molar-refractivity contribution >= 4 is 108 Å². The minimum Gasteiger partial charge on any atom is -0.309 e. The fourth-order valence-electron chi connectivity index (χ4n) is 8.93. The van der Waals surface area contributed by atoms with Crippen molar-refractivity contribution in [3.8, 4) is 27.9 Å². The van der Waals surface area contributed by atoms with Crippen molar-refractivity contribution in [2.75, 3.05) is 4.90 Å². The topological polar surface area (TPSA) is 34.0 Å². The van der Waals surface area contributed by atoms with E-state index in [9.17, 15) is 0 Å². The van der Waals surface area contributed by atoms with E-state index in [1.807, 2.05) is 36.1 Å². The van der Waals surface area contributed by atoms with Gasteiger partial charge in [-0.05, 0) is 122 Å². The molecule has 0 atom stereocenters. The van der Waals surface area contributed by atoms with Crippen LogP contribution >= 0.6 is 27.3 Å². The van der Waals surface area contributed by atoms with E-state index in [-0.39, 0.29) is 0 Å². The van der Waals surface area contributed by atoms with Gasteiger partial charge in [0.1, 0.15) is 0 Å². The summed E-state index contributed by atoms with van der Waals surface area (Å²) in [5.74, 6) is 0. The molecule has 0 fully saturated rings. The molecule has 4 aromatic heterocycles. The van der Waals surface area contributed by atoms with Crippen LogP contribution in [0.15, 0.2) is 205 Å².